The van der Waals surface area contributed by atoms with Crippen LogP contribution < -0.4 is 4.90 Å². The first-order chi connectivity index (χ1) is 8.70. The molecule has 1 fully saturated rings. The monoisotopic (exact) mass is 440 g/mol. The Bertz CT molecular complexity index is 395. The van der Waals surface area contributed by atoms with Crippen LogP contribution in [0.1, 0.15) is 12.8 Å². The van der Waals surface area contributed by atoms with Gasteiger partial charge >= 0.3 is 0 Å². The second kappa shape index (κ2) is 7.22. The summed E-state index contributed by atoms with van der Waals surface area (Å²) < 4.78 is 7.79. The number of alkyl halides is 1. The fraction of sp³-hybridized carbons (Fsp3) is 0.583. The van der Waals surface area contributed by atoms with Gasteiger partial charge in [-0.3, -0.25) is 0 Å². The Morgan fingerprint density at radius 2 is 2.06 bits per heavy atom. The predicted octanol–water partition coefficient (Wildman–Crippen LogP) is 3.99. The number of halogens is 3. The molecule has 1 aromatic heterocycles. The van der Waals surface area contributed by atoms with Crippen molar-refractivity contribution in [3.8, 4) is 0 Å². The molecule has 2 rings (SSSR count). The molecule has 0 aromatic carbocycles. The van der Waals surface area contributed by atoms with Crippen molar-refractivity contribution in [3.63, 3.8) is 0 Å². The Kier molecular flexibility index (Phi) is 5.92. The van der Waals surface area contributed by atoms with Crippen LogP contribution in [0.4, 0.5) is 5.82 Å². The second-order valence-electron chi connectivity index (χ2n) is 4.21. The standard InChI is InChI=1S/C12H15Br3N2O/c13-3-6-18-10-1-4-17(5-2-10)12-11(15)7-9(14)8-16-12/h7-8,10H,1-6H2. The van der Waals surface area contributed by atoms with Gasteiger partial charge in [0.15, 0.2) is 0 Å². The molecule has 3 nitrogen and oxygen atoms in total. The molecule has 0 bridgehead atoms. The third kappa shape index (κ3) is 3.92. The molecule has 0 amide bonds. The van der Waals surface area contributed by atoms with E-state index >= 15 is 0 Å². The highest BCUT2D eigenvalue weighted by Crippen LogP contribution is 2.29. The first-order valence-electron chi connectivity index (χ1n) is 5.94. The first kappa shape index (κ1) is 14.8. The second-order valence-corrected chi connectivity index (χ2v) is 6.77. The summed E-state index contributed by atoms with van der Waals surface area (Å²) in [6.45, 7) is 2.80. The Balaban J connectivity index is 1.93. The Labute approximate surface area is 133 Å². The minimum atomic E-state index is 0.396. The fourth-order valence-corrected chi connectivity index (χ4v) is 3.51. The smallest absolute Gasteiger partial charge is 0.142 e. The van der Waals surface area contributed by atoms with E-state index in [-0.39, 0.29) is 0 Å². The van der Waals surface area contributed by atoms with Crippen LogP contribution in [0.15, 0.2) is 21.2 Å². The van der Waals surface area contributed by atoms with E-state index in [1.54, 1.807) is 0 Å². The van der Waals surface area contributed by atoms with Crippen molar-refractivity contribution in [2.75, 3.05) is 29.9 Å². The van der Waals surface area contributed by atoms with Crippen LogP contribution in [0, 0.1) is 0 Å². The topological polar surface area (TPSA) is 25.4 Å². The van der Waals surface area contributed by atoms with E-state index in [2.05, 4.69) is 57.7 Å². The van der Waals surface area contributed by atoms with Crippen LogP contribution in [0.3, 0.4) is 0 Å². The maximum absolute atomic E-state index is 5.75. The minimum absolute atomic E-state index is 0.396. The molecule has 1 aliphatic heterocycles. The van der Waals surface area contributed by atoms with Gasteiger partial charge in [-0.1, -0.05) is 15.9 Å². The number of hydrogen-bond acceptors (Lipinski definition) is 3. The van der Waals surface area contributed by atoms with Crippen LogP contribution in [0.5, 0.6) is 0 Å². The van der Waals surface area contributed by atoms with Gasteiger partial charge in [0.1, 0.15) is 5.82 Å². The van der Waals surface area contributed by atoms with E-state index in [0.717, 1.165) is 52.6 Å². The van der Waals surface area contributed by atoms with Crippen LogP contribution in [0.25, 0.3) is 0 Å². The third-order valence-corrected chi connectivity index (χ3v) is 4.30. The average molecular weight is 443 g/mol. The molecule has 0 aliphatic carbocycles. The Morgan fingerprint density at radius 3 is 2.67 bits per heavy atom. The molecule has 6 heteroatoms. The van der Waals surface area contributed by atoms with Crippen molar-refractivity contribution in [2.45, 2.75) is 18.9 Å². The minimum Gasteiger partial charge on any atom is -0.377 e. The zero-order valence-corrected chi connectivity index (χ0v) is 14.7. The number of pyridine rings is 1. The third-order valence-electron chi connectivity index (χ3n) is 2.96. The number of aromatic nitrogens is 1. The highest BCUT2D eigenvalue weighted by Gasteiger charge is 2.21. The largest absolute Gasteiger partial charge is 0.377 e. The molecule has 1 aliphatic rings. The molecular formula is C12H15Br3N2O. The van der Waals surface area contributed by atoms with Crippen LogP contribution in [0.2, 0.25) is 0 Å². The quantitative estimate of drug-likeness (QED) is 0.659. The number of ether oxygens (including phenoxy) is 1. The summed E-state index contributed by atoms with van der Waals surface area (Å²) in [4.78, 5) is 6.78. The van der Waals surface area contributed by atoms with Gasteiger partial charge in [-0.25, -0.2) is 4.98 Å². The molecule has 0 unspecified atom stereocenters. The van der Waals surface area contributed by atoms with Gasteiger partial charge < -0.3 is 9.64 Å². The fourth-order valence-electron chi connectivity index (χ4n) is 2.09. The normalized spacial score (nSPS) is 17.2. The molecule has 1 saturated heterocycles. The van der Waals surface area contributed by atoms with Crippen molar-refractivity contribution < 1.29 is 4.74 Å². The number of hydrogen-bond donors (Lipinski definition) is 0. The van der Waals surface area contributed by atoms with Gasteiger partial charge in [0, 0.05) is 29.1 Å². The molecular weight excluding hydrogens is 428 g/mol. The van der Waals surface area contributed by atoms with E-state index in [1.165, 1.54) is 0 Å². The summed E-state index contributed by atoms with van der Waals surface area (Å²) in [6, 6.07) is 2.04. The van der Waals surface area contributed by atoms with E-state index < -0.39 is 0 Å². The van der Waals surface area contributed by atoms with E-state index in [9.17, 15) is 0 Å². The number of piperidine rings is 1. The number of nitrogens with zero attached hydrogens (tertiary/aromatic N) is 2. The maximum Gasteiger partial charge on any atom is 0.142 e. The molecule has 0 N–H and O–H groups in total. The first-order valence-corrected chi connectivity index (χ1v) is 8.65. The van der Waals surface area contributed by atoms with Gasteiger partial charge in [-0.05, 0) is 50.8 Å². The van der Waals surface area contributed by atoms with Crippen molar-refractivity contribution in [2.24, 2.45) is 0 Å². The van der Waals surface area contributed by atoms with E-state index in [1.807, 2.05) is 12.3 Å². The average Bonchev–Trinajstić information content (AvgIpc) is 2.37. The van der Waals surface area contributed by atoms with Gasteiger partial charge in [0.25, 0.3) is 0 Å². The van der Waals surface area contributed by atoms with E-state index in [4.69, 9.17) is 4.74 Å². The van der Waals surface area contributed by atoms with Crippen molar-refractivity contribution in [3.05, 3.63) is 21.2 Å². The molecule has 2 heterocycles. The molecule has 18 heavy (non-hydrogen) atoms. The van der Waals surface area contributed by atoms with Crippen molar-refractivity contribution in [1.82, 2.24) is 4.98 Å². The summed E-state index contributed by atoms with van der Waals surface area (Å²) in [5.74, 6) is 1.03. The van der Waals surface area contributed by atoms with E-state index in [0.29, 0.717) is 6.10 Å². The molecule has 0 atom stereocenters. The summed E-state index contributed by atoms with van der Waals surface area (Å²) in [5, 5.41) is 0.910. The molecule has 0 spiro atoms. The SMILES string of the molecule is BrCCOC1CCN(c2ncc(Br)cc2Br)CC1. The summed E-state index contributed by atoms with van der Waals surface area (Å²) in [5.41, 5.74) is 0. The van der Waals surface area contributed by atoms with Gasteiger partial charge in [-0.15, -0.1) is 0 Å². The lowest BCUT2D eigenvalue weighted by molar-refractivity contribution is 0.0480. The molecule has 1 aromatic rings. The molecule has 0 saturated carbocycles. The van der Waals surface area contributed by atoms with Gasteiger partial charge in [0.2, 0.25) is 0 Å². The zero-order valence-electron chi connectivity index (χ0n) is 9.91. The highest BCUT2D eigenvalue weighted by atomic mass is 79.9. The van der Waals surface area contributed by atoms with Crippen LogP contribution in [-0.2, 0) is 4.74 Å². The number of anilines is 1. The van der Waals surface area contributed by atoms with Gasteiger partial charge in [0.05, 0.1) is 17.2 Å². The lowest BCUT2D eigenvalue weighted by atomic mass is 10.1. The summed E-state index contributed by atoms with van der Waals surface area (Å²) in [7, 11) is 0. The molecule has 0 radical (unpaired) electrons. The van der Waals surface area contributed by atoms with Crippen LogP contribution >= 0.6 is 47.8 Å². The highest BCUT2D eigenvalue weighted by molar-refractivity contribution is 9.11. The number of rotatable bonds is 4. The zero-order chi connectivity index (χ0) is 13.0. The molecule has 100 valence electrons. The Hall–Kier alpha value is 0.350. The lowest BCUT2D eigenvalue weighted by Crippen LogP contribution is -2.37. The lowest BCUT2D eigenvalue weighted by Gasteiger charge is -2.33. The summed E-state index contributed by atoms with van der Waals surface area (Å²) >= 11 is 10.4. The Morgan fingerprint density at radius 1 is 1.33 bits per heavy atom. The predicted molar refractivity (Wildman–Crippen MR) is 84.6 cm³/mol. The van der Waals surface area contributed by atoms with Crippen LogP contribution in [-0.4, -0.2) is 36.1 Å². The summed E-state index contributed by atoms with van der Waals surface area (Å²) in [6.07, 6.45) is 4.37. The van der Waals surface area contributed by atoms with Gasteiger partial charge in [-0.2, -0.15) is 0 Å². The van der Waals surface area contributed by atoms with Crippen molar-refractivity contribution in [1.29, 1.82) is 0 Å². The van der Waals surface area contributed by atoms with Crippen molar-refractivity contribution >= 4 is 53.6 Å². The maximum atomic E-state index is 5.75.